The Labute approximate surface area is 125 Å². The van der Waals surface area contributed by atoms with Gasteiger partial charge >= 0.3 is 12.0 Å². The number of benzene rings is 1. The highest BCUT2D eigenvalue weighted by Gasteiger charge is 2.13. The van der Waals surface area contributed by atoms with Crippen LogP contribution in [0.15, 0.2) is 22.7 Å². The lowest BCUT2D eigenvalue weighted by Crippen LogP contribution is -2.36. The number of rotatable bonds is 6. The zero-order valence-electron chi connectivity index (χ0n) is 11.4. The summed E-state index contributed by atoms with van der Waals surface area (Å²) in [6.07, 6.45) is -0.0758. The van der Waals surface area contributed by atoms with Gasteiger partial charge in [-0.1, -0.05) is 0 Å². The second kappa shape index (κ2) is 7.74. The van der Waals surface area contributed by atoms with Crippen LogP contribution in [0.3, 0.4) is 0 Å². The van der Waals surface area contributed by atoms with Gasteiger partial charge in [0, 0.05) is 18.8 Å². The molecule has 110 valence electrons. The lowest BCUT2D eigenvalue weighted by molar-refractivity contribution is -0.137. The lowest BCUT2D eigenvalue weighted by atomic mass is 10.3. The van der Waals surface area contributed by atoms with E-state index in [1.165, 1.54) is 4.90 Å². The average Bonchev–Trinajstić information content (AvgIpc) is 2.39. The van der Waals surface area contributed by atoms with Crippen molar-refractivity contribution >= 4 is 33.6 Å². The Hall–Kier alpha value is -1.76. The van der Waals surface area contributed by atoms with Crippen molar-refractivity contribution < 1.29 is 19.4 Å². The number of nitrogens with zero attached hydrogens (tertiary/aromatic N) is 1. The molecule has 0 atom stereocenters. The molecule has 0 aliphatic carbocycles. The normalized spacial score (nSPS) is 9.95. The van der Waals surface area contributed by atoms with Crippen LogP contribution in [-0.2, 0) is 4.79 Å². The smallest absolute Gasteiger partial charge is 0.321 e. The third kappa shape index (κ3) is 4.73. The van der Waals surface area contributed by atoms with Crippen molar-refractivity contribution in [2.45, 2.75) is 13.3 Å². The lowest BCUT2D eigenvalue weighted by Gasteiger charge is -2.20. The number of hydrogen-bond donors (Lipinski definition) is 2. The van der Waals surface area contributed by atoms with Crippen molar-refractivity contribution in [1.82, 2.24) is 4.90 Å². The van der Waals surface area contributed by atoms with Gasteiger partial charge in [-0.15, -0.1) is 0 Å². The molecule has 0 aliphatic rings. The second-order valence-electron chi connectivity index (χ2n) is 4.00. The molecule has 0 heterocycles. The Kier molecular flexibility index (Phi) is 6.30. The number of hydrogen-bond acceptors (Lipinski definition) is 3. The topological polar surface area (TPSA) is 78.9 Å². The number of urea groups is 1. The first-order valence-electron chi connectivity index (χ1n) is 6.09. The summed E-state index contributed by atoms with van der Waals surface area (Å²) < 4.78 is 5.83. The van der Waals surface area contributed by atoms with Gasteiger partial charge in [0.2, 0.25) is 0 Å². The molecule has 2 N–H and O–H groups in total. The van der Waals surface area contributed by atoms with E-state index in [0.717, 1.165) is 4.47 Å². The second-order valence-corrected chi connectivity index (χ2v) is 4.86. The van der Waals surface area contributed by atoms with Crippen molar-refractivity contribution in [1.29, 1.82) is 0 Å². The van der Waals surface area contributed by atoms with Crippen LogP contribution in [0, 0.1) is 0 Å². The molecule has 0 fully saturated rings. The molecule has 0 radical (unpaired) electrons. The maximum Gasteiger partial charge on any atom is 0.321 e. The minimum atomic E-state index is -0.927. The first-order chi connectivity index (χ1) is 9.47. The standard InChI is InChI=1S/C13H17BrN2O4/c1-3-16(7-6-12(17)18)13(19)15-9-4-5-11(20-2)10(14)8-9/h4-5,8H,3,6-7H2,1-2H3,(H,15,19)(H,17,18). The van der Waals surface area contributed by atoms with E-state index in [1.807, 2.05) is 0 Å². The van der Waals surface area contributed by atoms with Gasteiger partial charge in [-0.05, 0) is 41.1 Å². The fraction of sp³-hybridized carbons (Fsp3) is 0.385. The first-order valence-corrected chi connectivity index (χ1v) is 6.88. The van der Waals surface area contributed by atoms with Gasteiger partial charge in [-0.25, -0.2) is 4.79 Å². The fourth-order valence-electron chi connectivity index (χ4n) is 1.58. The SMILES string of the molecule is CCN(CCC(=O)O)C(=O)Nc1ccc(OC)c(Br)c1. The minimum Gasteiger partial charge on any atom is -0.496 e. The van der Waals surface area contributed by atoms with E-state index in [0.29, 0.717) is 18.0 Å². The Bertz CT molecular complexity index is 493. The van der Waals surface area contributed by atoms with Crippen LogP contribution >= 0.6 is 15.9 Å². The number of methoxy groups -OCH3 is 1. The van der Waals surface area contributed by atoms with Crippen molar-refractivity contribution in [2.75, 3.05) is 25.5 Å². The van der Waals surface area contributed by atoms with Gasteiger partial charge in [-0.3, -0.25) is 4.79 Å². The third-order valence-electron chi connectivity index (χ3n) is 2.67. The molecule has 0 saturated heterocycles. The number of carbonyl (C=O) groups excluding carboxylic acids is 1. The summed E-state index contributed by atoms with van der Waals surface area (Å²) in [4.78, 5) is 24.0. The summed E-state index contributed by atoms with van der Waals surface area (Å²) in [5.74, 6) is -0.260. The zero-order chi connectivity index (χ0) is 15.1. The molecule has 1 rings (SSSR count). The summed E-state index contributed by atoms with van der Waals surface area (Å²) >= 11 is 3.33. The summed E-state index contributed by atoms with van der Waals surface area (Å²) in [5, 5.41) is 11.4. The van der Waals surface area contributed by atoms with Gasteiger partial charge in [0.25, 0.3) is 0 Å². The molecular weight excluding hydrogens is 328 g/mol. The maximum atomic E-state index is 12.0. The molecule has 0 aromatic heterocycles. The zero-order valence-corrected chi connectivity index (χ0v) is 12.9. The van der Waals surface area contributed by atoms with Gasteiger partial charge in [0.1, 0.15) is 5.75 Å². The van der Waals surface area contributed by atoms with Gasteiger partial charge in [-0.2, -0.15) is 0 Å². The van der Waals surface area contributed by atoms with Crippen molar-refractivity contribution in [3.63, 3.8) is 0 Å². The van der Waals surface area contributed by atoms with E-state index in [4.69, 9.17) is 9.84 Å². The maximum absolute atomic E-state index is 12.0. The van der Waals surface area contributed by atoms with Crippen molar-refractivity contribution in [3.05, 3.63) is 22.7 Å². The highest BCUT2D eigenvalue weighted by Crippen LogP contribution is 2.27. The average molecular weight is 345 g/mol. The number of carboxylic acids is 1. The largest absolute Gasteiger partial charge is 0.496 e. The van der Waals surface area contributed by atoms with Crippen LogP contribution in [0.2, 0.25) is 0 Å². The number of nitrogens with one attached hydrogen (secondary N) is 1. The molecule has 0 unspecified atom stereocenters. The molecule has 0 saturated carbocycles. The number of aliphatic carboxylic acids is 1. The van der Waals surface area contributed by atoms with Crippen LogP contribution < -0.4 is 10.1 Å². The van der Waals surface area contributed by atoms with Crippen LogP contribution in [0.4, 0.5) is 10.5 Å². The molecule has 0 aliphatic heterocycles. The molecular formula is C13H17BrN2O4. The van der Waals surface area contributed by atoms with Gasteiger partial charge < -0.3 is 20.1 Å². The summed E-state index contributed by atoms with van der Waals surface area (Å²) in [7, 11) is 1.56. The number of ether oxygens (including phenoxy) is 1. The van der Waals surface area contributed by atoms with E-state index in [2.05, 4.69) is 21.2 Å². The quantitative estimate of drug-likeness (QED) is 0.831. The summed E-state index contributed by atoms with van der Waals surface area (Å²) in [6, 6.07) is 4.84. The Morgan fingerprint density at radius 1 is 1.45 bits per heavy atom. The molecule has 2 amide bonds. The highest BCUT2D eigenvalue weighted by atomic mass is 79.9. The Morgan fingerprint density at radius 2 is 2.15 bits per heavy atom. The number of anilines is 1. The van der Waals surface area contributed by atoms with Gasteiger partial charge in [0.05, 0.1) is 18.0 Å². The summed E-state index contributed by atoms with van der Waals surface area (Å²) in [5.41, 5.74) is 0.608. The molecule has 0 spiro atoms. The van der Waals surface area contributed by atoms with E-state index in [1.54, 1.807) is 32.2 Å². The number of carbonyl (C=O) groups is 2. The number of carboxylic acid groups (broad SMARTS) is 1. The van der Waals surface area contributed by atoms with Crippen LogP contribution in [0.5, 0.6) is 5.75 Å². The molecule has 1 aromatic rings. The fourth-order valence-corrected chi connectivity index (χ4v) is 2.12. The van der Waals surface area contributed by atoms with E-state index < -0.39 is 5.97 Å². The predicted molar refractivity (Wildman–Crippen MR) is 79.2 cm³/mol. The van der Waals surface area contributed by atoms with Gasteiger partial charge in [0.15, 0.2) is 0 Å². The van der Waals surface area contributed by atoms with Crippen molar-refractivity contribution in [2.24, 2.45) is 0 Å². The Morgan fingerprint density at radius 3 is 2.65 bits per heavy atom. The monoisotopic (exact) mass is 344 g/mol. The summed E-state index contributed by atoms with van der Waals surface area (Å²) in [6.45, 7) is 2.41. The molecule has 0 bridgehead atoms. The molecule has 7 heteroatoms. The van der Waals surface area contributed by atoms with Crippen LogP contribution in [0.25, 0.3) is 0 Å². The minimum absolute atomic E-state index is 0.0758. The first kappa shape index (κ1) is 16.3. The number of amides is 2. The van der Waals surface area contributed by atoms with Crippen molar-refractivity contribution in [3.8, 4) is 5.75 Å². The molecule has 1 aromatic carbocycles. The predicted octanol–water partition coefficient (Wildman–Crippen LogP) is 2.79. The van der Waals surface area contributed by atoms with E-state index >= 15 is 0 Å². The third-order valence-corrected chi connectivity index (χ3v) is 3.29. The van der Waals surface area contributed by atoms with E-state index in [-0.39, 0.29) is 19.0 Å². The number of halogens is 1. The van der Waals surface area contributed by atoms with Crippen LogP contribution in [-0.4, -0.2) is 42.2 Å². The van der Waals surface area contributed by atoms with Crippen LogP contribution in [0.1, 0.15) is 13.3 Å². The molecule has 20 heavy (non-hydrogen) atoms. The Balaban J connectivity index is 2.68. The van der Waals surface area contributed by atoms with E-state index in [9.17, 15) is 9.59 Å². The molecule has 6 nitrogen and oxygen atoms in total. The highest BCUT2D eigenvalue weighted by molar-refractivity contribution is 9.10.